The van der Waals surface area contributed by atoms with Gasteiger partial charge in [-0.1, -0.05) is 24.3 Å². The summed E-state index contributed by atoms with van der Waals surface area (Å²) >= 11 is 0. The van der Waals surface area contributed by atoms with Crippen LogP contribution < -0.4 is 0 Å². The summed E-state index contributed by atoms with van der Waals surface area (Å²) in [6.07, 6.45) is 14.9. The molecule has 3 nitrogen and oxygen atoms in total. The Hall–Kier alpha value is -2.03. The summed E-state index contributed by atoms with van der Waals surface area (Å²) < 4.78 is 0. The van der Waals surface area contributed by atoms with Crippen molar-refractivity contribution < 1.29 is 0 Å². The largest absolute Gasteiger partial charge is 0.264 e. The summed E-state index contributed by atoms with van der Waals surface area (Å²) in [5.74, 6) is 0.253. The van der Waals surface area contributed by atoms with Gasteiger partial charge in [-0.05, 0) is 12.5 Å². The molecule has 78 valence electrons. The Morgan fingerprint density at radius 2 is 2.00 bits per heavy atom. The van der Waals surface area contributed by atoms with Crippen LogP contribution in [-0.2, 0) is 0 Å². The molecule has 2 aromatic heterocycles. The van der Waals surface area contributed by atoms with Crippen LogP contribution in [0.1, 0.15) is 18.0 Å². The van der Waals surface area contributed by atoms with Crippen molar-refractivity contribution in [1.29, 1.82) is 0 Å². The summed E-state index contributed by atoms with van der Waals surface area (Å²) in [5.41, 5.74) is 1.98. The number of nitrogens with zero attached hydrogens (tertiary/aromatic N) is 3. The topological polar surface area (TPSA) is 38.7 Å². The van der Waals surface area contributed by atoms with E-state index in [9.17, 15) is 0 Å². The third-order valence-electron chi connectivity index (χ3n) is 2.74. The zero-order chi connectivity index (χ0) is 10.8. The van der Waals surface area contributed by atoms with Crippen LogP contribution in [0.2, 0.25) is 0 Å². The maximum absolute atomic E-state index is 4.38. The van der Waals surface area contributed by atoms with E-state index in [2.05, 4.69) is 39.3 Å². The van der Waals surface area contributed by atoms with Crippen molar-refractivity contribution in [3.63, 3.8) is 0 Å². The molecule has 0 saturated heterocycles. The average Bonchev–Trinajstić information content (AvgIpc) is 2.39. The summed E-state index contributed by atoms with van der Waals surface area (Å²) in [5, 5.41) is 1.03. The first kappa shape index (κ1) is 9.21. The molecule has 0 saturated carbocycles. The predicted octanol–water partition coefficient (Wildman–Crippen LogP) is 2.62. The molecule has 3 heteroatoms. The van der Waals surface area contributed by atoms with Crippen LogP contribution in [0.25, 0.3) is 10.9 Å². The van der Waals surface area contributed by atoms with Gasteiger partial charge in [0.25, 0.3) is 0 Å². The first-order chi connectivity index (χ1) is 7.95. The minimum atomic E-state index is 0.253. The first-order valence-corrected chi connectivity index (χ1v) is 5.33. The van der Waals surface area contributed by atoms with Crippen LogP contribution in [0.3, 0.4) is 0 Å². The molecule has 0 N–H and O–H groups in total. The van der Waals surface area contributed by atoms with Gasteiger partial charge in [-0.3, -0.25) is 4.98 Å². The van der Waals surface area contributed by atoms with Gasteiger partial charge < -0.3 is 0 Å². The standard InChI is InChI=1S/C13H11N3/c1-2-4-10(5-3-1)13-11-8-14-7-6-12(11)15-9-16-13/h2-10H,1H2. The smallest absolute Gasteiger partial charge is 0.116 e. The normalized spacial score (nSPS) is 15.8. The second-order valence-corrected chi connectivity index (χ2v) is 3.77. The fourth-order valence-electron chi connectivity index (χ4n) is 1.96. The molecule has 0 bridgehead atoms. The Bertz CT molecular complexity index is 555. The summed E-state index contributed by atoms with van der Waals surface area (Å²) in [6, 6.07) is 1.91. The number of aromatic nitrogens is 3. The van der Waals surface area contributed by atoms with Crippen LogP contribution in [0.5, 0.6) is 0 Å². The molecule has 1 aliphatic rings. The van der Waals surface area contributed by atoms with Gasteiger partial charge in [0.2, 0.25) is 0 Å². The van der Waals surface area contributed by atoms with Crippen molar-refractivity contribution in [3.8, 4) is 0 Å². The lowest BCUT2D eigenvalue weighted by Gasteiger charge is -2.12. The highest BCUT2D eigenvalue weighted by Gasteiger charge is 2.12. The Kier molecular flexibility index (Phi) is 2.22. The highest BCUT2D eigenvalue weighted by atomic mass is 14.8. The predicted molar refractivity (Wildman–Crippen MR) is 63.0 cm³/mol. The Morgan fingerprint density at radius 3 is 2.88 bits per heavy atom. The number of hydrogen-bond acceptors (Lipinski definition) is 3. The monoisotopic (exact) mass is 209 g/mol. The van der Waals surface area contributed by atoms with Gasteiger partial charge in [0.1, 0.15) is 6.33 Å². The third-order valence-corrected chi connectivity index (χ3v) is 2.74. The number of hydrogen-bond donors (Lipinski definition) is 0. The van der Waals surface area contributed by atoms with Crippen LogP contribution in [0, 0.1) is 0 Å². The van der Waals surface area contributed by atoms with Crippen LogP contribution in [0.4, 0.5) is 0 Å². The second kappa shape index (κ2) is 3.85. The van der Waals surface area contributed by atoms with E-state index in [0.29, 0.717) is 0 Å². The van der Waals surface area contributed by atoms with Gasteiger partial charge >= 0.3 is 0 Å². The molecule has 1 aliphatic carbocycles. The fraction of sp³-hybridized carbons (Fsp3) is 0.154. The molecular formula is C13H11N3. The molecule has 0 fully saturated rings. The van der Waals surface area contributed by atoms with Gasteiger partial charge in [-0.15, -0.1) is 0 Å². The lowest BCUT2D eigenvalue weighted by Crippen LogP contribution is -2.00. The lowest BCUT2D eigenvalue weighted by atomic mass is 9.97. The third kappa shape index (κ3) is 1.50. The molecule has 2 heterocycles. The average molecular weight is 209 g/mol. The van der Waals surface area contributed by atoms with Crippen molar-refractivity contribution in [3.05, 3.63) is 54.8 Å². The maximum Gasteiger partial charge on any atom is 0.116 e. The quantitative estimate of drug-likeness (QED) is 0.678. The maximum atomic E-state index is 4.38. The molecular weight excluding hydrogens is 198 g/mol. The number of rotatable bonds is 1. The van der Waals surface area contributed by atoms with E-state index in [0.717, 1.165) is 23.0 Å². The molecule has 0 atom stereocenters. The van der Waals surface area contributed by atoms with E-state index in [1.807, 2.05) is 12.3 Å². The van der Waals surface area contributed by atoms with Gasteiger partial charge in [0, 0.05) is 23.7 Å². The second-order valence-electron chi connectivity index (χ2n) is 3.77. The van der Waals surface area contributed by atoms with Gasteiger partial charge in [-0.25, -0.2) is 9.97 Å². The van der Waals surface area contributed by atoms with Gasteiger partial charge in [-0.2, -0.15) is 0 Å². The van der Waals surface area contributed by atoms with E-state index in [1.54, 1.807) is 12.5 Å². The number of pyridine rings is 1. The van der Waals surface area contributed by atoms with E-state index >= 15 is 0 Å². The highest BCUT2D eigenvalue weighted by Crippen LogP contribution is 2.25. The molecule has 16 heavy (non-hydrogen) atoms. The zero-order valence-corrected chi connectivity index (χ0v) is 8.74. The SMILES string of the molecule is C1=CC(c2ncnc3ccncc23)C=CC1. The highest BCUT2D eigenvalue weighted by molar-refractivity contribution is 5.80. The van der Waals surface area contributed by atoms with Crippen molar-refractivity contribution in [1.82, 2.24) is 15.0 Å². The Labute approximate surface area is 93.6 Å². The van der Waals surface area contributed by atoms with Crippen molar-refractivity contribution in [2.75, 3.05) is 0 Å². The first-order valence-electron chi connectivity index (χ1n) is 5.33. The van der Waals surface area contributed by atoms with Crippen LogP contribution in [0.15, 0.2) is 49.1 Å². The molecule has 0 aromatic carbocycles. The van der Waals surface area contributed by atoms with Crippen LogP contribution >= 0.6 is 0 Å². The van der Waals surface area contributed by atoms with E-state index in [4.69, 9.17) is 0 Å². The molecule has 0 unspecified atom stereocenters. The minimum absolute atomic E-state index is 0.253. The molecule has 0 aliphatic heterocycles. The lowest BCUT2D eigenvalue weighted by molar-refractivity contribution is 0.966. The van der Waals surface area contributed by atoms with Gasteiger partial charge in [0.15, 0.2) is 0 Å². The number of fused-ring (bicyclic) bond motifs is 1. The summed E-state index contributed by atoms with van der Waals surface area (Å²) in [7, 11) is 0. The van der Waals surface area contributed by atoms with E-state index in [1.165, 1.54) is 0 Å². The number of allylic oxidation sites excluding steroid dienone is 4. The molecule has 2 aromatic rings. The molecule has 0 amide bonds. The summed E-state index contributed by atoms with van der Waals surface area (Å²) in [4.78, 5) is 12.8. The fourth-order valence-corrected chi connectivity index (χ4v) is 1.96. The molecule has 0 radical (unpaired) electrons. The summed E-state index contributed by atoms with van der Waals surface area (Å²) in [6.45, 7) is 0. The van der Waals surface area contributed by atoms with Crippen LogP contribution in [-0.4, -0.2) is 15.0 Å². The van der Waals surface area contributed by atoms with Crippen molar-refractivity contribution >= 4 is 10.9 Å². The zero-order valence-electron chi connectivity index (χ0n) is 8.74. The Morgan fingerprint density at radius 1 is 1.12 bits per heavy atom. The Balaban J connectivity index is 2.19. The van der Waals surface area contributed by atoms with E-state index < -0.39 is 0 Å². The van der Waals surface area contributed by atoms with E-state index in [-0.39, 0.29) is 5.92 Å². The van der Waals surface area contributed by atoms with Crippen molar-refractivity contribution in [2.24, 2.45) is 0 Å². The van der Waals surface area contributed by atoms with Crippen molar-refractivity contribution in [2.45, 2.75) is 12.3 Å². The molecule has 3 rings (SSSR count). The van der Waals surface area contributed by atoms with Gasteiger partial charge in [0.05, 0.1) is 11.2 Å². The molecule has 0 spiro atoms. The minimum Gasteiger partial charge on any atom is -0.264 e.